The standard InChI is InChI=1S/C12H18N2O/c1-14(11-4-2-3-5-11)12-8-10(9-15)6-7-13-12/h6-8,11,15H,2-5,9H2,1H3. The number of nitrogens with zero attached hydrogens (tertiary/aromatic N) is 2. The molecule has 1 fully saturated rings. The van der Waals surface area contributed by atoms with Crippen LogP contribution in [0.25, 0.3) is 0 Å². The molecule has 82 valence electrons. The molecule has 1 N–H and O–H groups in total. The molecule has 1 heterocycles. The van der Waals surface area contributed by atoms with E-state index in [2.05, 4.69) is 16.9 Å². The Bertz CT molecular complexity index is 321. The summed E-state index contributed by atoms with van der Waals surface area (Å²) in [6, 6.07) is 4.45. The normalized spacial score (nSPS) is 16.9. The van der Waals surface area contributed by atoms with Crippen molar-refractivity contribution in [3.05, 3.63) is 23.9 Å². The minimum Gasteiger partial charge on any atom is -0.392 e. The number of hydrogen-bond donors (Lipinski definition) is 1. The van der Waals surface area contributed by atoms with Crippen molar-refractivity contribution < 1.29 is 5.11 Å². The molecule has 1 saturated carbocycles. The monoisotopic (exact) mass is 206 g/mol. The largest absolute Gasteiger partial charge is 0.392 e. The summed E-state index contributed by atoms with van der Waals surface area (Å²) in [6.45, 7) is 0.0913. The van der Waals surface area contributed by atoms with Gasteiger partial charge in [0.05, 0.1) is 6.61 Å². The Labute approximate surface area is 90.8 Å². The lowest BCUT2D eigenvalue weighted by atomic mass is 10.2. The van der Waals surface area contributed by atoms with Gasteiger partial charge in [-0.1, -0.05) is 12.8 Å². The van der Waals surface area contributed by atoms with Gasteiger partial charge in [0, 0.05) is 19.3 Å². The van der Waals surface area contributed by atoms with Crippen LogP contribution in [0, 0.1) is 0 Å². The van der Waals surface area contributed by atoms with Crippen molar-refractivity contribution >= 4 is 5.82 Å². The fraction of sp³-hybridized carbons (Fsp3) is 0.583. The Morgan fingerprint density at radius 3 is 2.87 bits per heavy atom. The number of aliphatic hydroxyl groups is 1. The average molecular weight is 206 g/mol. The number of hydrogen-bond acceptors (Lipinski definition) is 3. The van der Waals surface area contributed by atoms with Crippen LogP contribution in [0.3, 0.4) is 0 Å². The van der Waals surface area contributed by atoms with Crippen LogP contribution in [0.5, 0.6) is 0 Å². The highest BCUT2D eigenvalue weighted by molar-refractivity contribution is 5.41. The minimum atomic E-state index is 0.0913. The first-order valence-corrected chi connectivity index (χ1v) is 5.60. The third-order valence-electron chi connectivity index (χ3n) is 3.23. The van der Waals surface area contributed by atoms with E-state index in [1.54, 1.807) is 6.20 Å². The lowest BCUT2D eigenvalue weighted by Gasteiger charge is -2.25. The van der Waals surface area contributed by atoms with Gasteiger partial charge in [-0.25, -0.2) is 4.98 Å². The van der Waals surface area contributed by atoms with Crippen LogP contribution in [0.15, 0.2) is 18.3 Å². The van der Waals surface area contributed by atoms with E-state index in [0.717, 1.165) is 11.4 Å². The molecule has 0 bridgehead atoms. The maximum absolute atomic E-state index is 9.06. The van der Waals surface area contributed by atoms with E-state index in [1.165, 1.54) is 25.7 Å². The van der Waals surface area contributed by atoms with E-state index in [9.17, 15) is 0 Å². The number of aliphatic hydroxyl groups excluding tert-OH is 1. The van der Waals surface area contributed by atoms with Gasteiger partial charge in [-0.2, -0.15) is 0 Å². The van der Waals surface area contributed by atoms with Crippen molar-refractivity contribution in [2.24, 2.45) is 0 Å². The van der Waals surface area contributed by atoms with Gasteiger partial charge >= 0.3 is 0 Å². The van der Waals surface area contributed by atoms with Crippen LogP contribution in [0.4, 0.5) is 5.82 Å². The summed E-state index contributed by atoms with van der Waals surface area (Å²) < 4.78 is 0. The maximum Gasteiger partial charge on any atom is 0.128 e. The van der Waals surface area contributed by atoms with Gasteiger partial charge < -0.3 is 10.0 Å². The summed E-state index contributed by atoms with van der Waals surface area (Å²) in [5.74, 6) is 0.980. The predicted molar refractivity (Wildman–Crippen MR) is 60.8 cm³/mol. The van der Waals surface area contributed by atoms with Gasteiger partial charge in [0.25, 0.3) is 0 Å². The van der Waals surface area contributed by atoms with E-state index in [0.29, 0.717) is 6.04 Å². The first kappa shape index (κ1) is 10.4. The molecule has 1 aromatic heterocycles. The van der Waals surface area contributed by atoms with E-state index >= 15 is 0 Å². The van der Waals surface area contributed by atoms with E-state index in [4.69, 9.17) is 5.11 Å². The Hall–Kier alpha value is -1.09. The van der Waals surface area contributed by atoms with Crippen LogP contribution in [-0.4, -0.2) is 23.2 Å². The van der Waals surface area contributed by atoms with E-state index < -0.39 is 0 Å². The minimum absolute atomic E-state index is 0.0913. The first-order valence-electron chi connectivity index (χ1n) is 5.60. The van der Waals surface area contributed by atoms with Crippen molar-refractivity contribution in [2.45, 2.75) is 38.3 Å². The van der Waals surface area contributed by atoms with Gasteiger partial charge in [0.1, 0.15) is 5.82 Å². The second-order valence-electron chi connectivity index (χ2n) is 4.23. The predicted octanol–water partition coefficient (Wildman–Crippen LogP) is 1.95. The van der Waals surface area contributed by atoms with E-state index in [1.807, 2.05) is 12.1 Å². The Morgan fingerprint density at radius 2 is 2.20 bits per heavy atom. The molecule has 0 atom stereocenters. The second-order valence-corrected chi connectivity index (χ2v) is 4.23. The molecule has 0 saturated heterocycles. The van der Waals surface area contributed by atoms with Crippen molar-refractivity contribution in [3.8, 4) is 0 Å². The smallest absolute Gasteiger partial charge is 0.128 e. The van der Waals surface area contributed by atoms with Gasteiger partial charge in [0.15, 0.2) is 0 Å². The Balaban J connectivity index is 2.13. The number of aromatic nitrogens is 1. The highest BCUT2D eigenvalue weighted by Gasteiger charge is 2.20. The zero-order chi connectivity index (χ0) is 10.7. The van der Waals surface area contributed by atoms with Gasteiger partial charge in [-0.15, -0.1) is 0 Å². The molecule has 3 heteroatoms. The average Bonchev–Trinajstić information content (AvgIpc) is 2.81. The van der Waals surface area contributed by atoms with Crippen LogP contribution >= 0.6 is 0 Å². The number of rotatable bonds is 3. The molecule has 0 radical (unpaired) electrons. The highest BCUT2D eigenvalue weighted by atomic mass is 16.3. The first-order chi connectivity index (χ1) is 7.31. The molecule has 15 heavy (non-hydrogen) atoms. The lowest BCUT2D eigenvalue weighted by Crippen LogP contribution is -2.29. The summed E-state index contributed by atoms with van der Waals surface area (Å²) in [5.41, 5.74) is 0.935. The molecule has 0 aromatic carbocycles. The second kappa shape index (κ2) is 4.62. The molecule has 2 rings (SSSR count). The molecule has 0 aliphatic heterocycles. The van der Waals surface area contributed by atoms with Crippen molar-refractivity contribution in [2.75, 3.05) is 11.9 Å². The van der Waals surface area contributed by atoms with Crippen molar-refractivity contribution in [1.29, 1.82) is 0 Å². The Kier molecular flexibility index (Phi) is 3.21. The zero-order valence-electron chi connectivity index (χ0n) is 9.19. The molecule has 3 nitrogen and oxygen atoms in total. The topological polar surface area (TPSA) is 36.4 Å². The molecule has 0 spiro atoms. The number of anilines is 1. The van der Waals surface area contributed by atoms with Crippen LogP contribution in [0.1, 0.15) is 31.2 Å². The van der Waals surface area contributed by atoms with E-state index in [-0.39, 0.29) is 6.61 Å². The molecule has 1 aliphatic rings. The highest BCUT2D eigenvalue weighted by Crippen LogP contribution is 2.25. The Morgan fingerprint density at radius 1 is 1.47 bits per heavy atom. The summed E-state index contributed by atoms with van der Waals surface area (Å²) in [5, 5.41) is 9.06. The fourth-order valence-electron chi connectivity index (χ4n) is 2.23. The van der Waals surface area contributed by atoms with Crippen molar-refractivity contribution in [3.63, 3.8) is 0 Å². The van der Waals surface area contributed by atoms with Crippen LogP contribution in [-0.2, 0) is 6.61 Å². The summed E-state index contributed by atoms with van der Waals surface area (Å²) in [6.07, 6.45) is 6.96. The maximum atomic E-state index is 9.06. The molecule has 1 aromatic rings. The lowest BCUT2D eigenvalue weighted by molar-refractivity contribution is 0.281. The SMILES string of the molecule is CN(c1cc(CO)ccn1)C1CCCC1. The molecule has 1 aliphatic carbocycles. The van der Waals surface area contributed by atoms with Crippen LogP contribution in [0.2, 0.25) is 0 Å². The molecular formula is C12H18N2O. The van der Waals surface area contributed by atoms with Gasteiger partial charge in [-0.05, 0) is 30.5 Å². The summed E-state index contributed by atoms with van der Waals surface area (Å²) in [7, 11) is 2.10. The third kappa shape index (κ3) is 2.29. The van der Waals surface area contributed by atoms with Gasteiger partial charge in [-0.3, -0.25) is 0 Å². The molecular weight excluding hydrogens is 188 g/mol. The van der Waals surface area contributed by atoms with Crippen LogP contribution < -0.4 is 4.90 Å². The molecule has 0 unspecified atom stereocenters. The summed E-state index contributed by atoms with van der Waals surface area (Å²) >= 11 is 0. The molecule has 0 amide bonds. The summed E-state index contributed by atoms with van der Waals surface area (Å²) in [4.78, 5) is 6.59. The fourth-order valence-corrected chi connectivity index (χ4v) is 2.23. The van der Waals surface area contributed by atoms with Gasteiger partial charge in [0.2, 0.25) is 0 Å². The zero-order valence-corrected chi connectivity index (χ0v) is 9.19. The number of pyridine rings is 1. The third-order valence-corrected chi connectivity index (χ3v) is 3.23. The van der Waals surface area contributed by atoms with Crippen molar-refractivity contribution in [1.82, 2.24) is 4.98 Å². The quantitative estimate of drug-likeness (QED) is 0.821.